The van der Waals surface area contributed by atoms with Gasteiger partial charge in [0, 0.05) is 9.84 Å². The molecule has 0 rings (SSSR count). The number of rotatable bonds is 14. The molecule has 0 bridgehead atoms. The fourth-order valence-corrected chi connectivity index (χ4v) is 3.77. The topological polar surface area (TPSA) is 0 Å². The van der Waals surface area contributed by atoms with E-state index in [1.807, 2.05) is 0 Å². The number of hydrogen-bond acceptors (Lipinski definition) is 0. The highest BCUT2D eigenvalue weighted by molar-refractivity contribution is 14.1. The molecule has 2 unspecified atom stereocenters. The highest BCUT2D eigenvalue weighted by Gasteiger charge is 2.95. The maximum Gasteiger partial charge on any atom is 0.460 e. The Morgan fingerprint density at radius 3 is 1.19 bits per heavy atom. The van der Waals surface area contributed by atoms with Gasteiger partial charge in [0.1, 0.15) is 0 Å². The second-order valence-electron chi connectivity index (χ2n) is 8.07. The van der Waals surface area contributed by atoms with Crippen LogP contribution >= 0.6 is 22.6 Å². The minimum atomic E-state index is -8.59. The molecule has 0 saturated heterocycles. The summed E-state index contributed by atoms with van der Waals surface area (Å²) in [6, 6.07) is 0. The van der Waals surface area contributed by atoms with Crippen molar-refractivity contribution in [2.75, 3.05) is 0 Å². The van der Waals surface area contributed by atoms with Gasteiger partial charge in [-0.15, -0.1) is 0 Å². The summed E-state index contributed by atoms with van der Waals surface area (Å²) in [6.07, 6.45) is -5.76. The van der Waals surface area contributed by atoms with E-state index in [9.17, 15) is 74.6 Å². The normalized spacial score (nSPS) is 17.3. The fourth-order valence-electron chi connectivity index (χ4n) is 2.88. The number of unbranched alkanes of at least 4 members (excludes halogenated alkanes) is 4. The summed E-state index contributed by atoms with van der Waals surface area (Å²) in [5, 5.41) is 0. The van der Waals surface area contributed by atoms with Crippen molar-refractivity contribution in [3.63, 3.8) is 0 Å². The standard InChI is InChI=1S/C18H20F17I/c1-3-4-5-6-7-8-10(36)9(2)11(19,20)12(21,22)13(23,24)14(25,26)15(27,28)16(29,30)17(31,32)18(33,34)35/h9-10H,3-8H2,1-2H3. The Kier molecular flexibility index (Phi) is 10.8. The summed E-state index contributed by atoms with van der Waals surface area (Å²) in [7, 11) is 0. The summed E-state index contributed by atoms with van der Waals surface area (Å²) in [6.45, 7) is 1.93. The first kappa shape index (κ1) is 35.5. The molecule has 0 N–H and O–H groups in total. The number of hydrogen-bond donors (Lipinski definition) is 0. The van der Waals surface area contributed by atoms with Gasteiger partial charge < -0.3 is 0 Å². The molecule has 0 radical (unpaired) electrons. The Bertz CT molecular complexity index is 713. The maximum absolute atomic E-state index is 14.3. The Morgan fingerprint density at radius 2 is 0.833 bits per heavy atom. The lowest BCUT2D eigenvalue weighted by Crippen LogP contribution is -2.75. The fraction of sp³-hybridized carbons (Fsp3) is 1.00. The van der Waals surface area contributed by atoms with Crippen molar-refractivity contribution in [3.8, 4) is 0 Å². The third-order valence-corrected chi connectivity index (χ3v) is 7.15. The van der Waals surface area contributed by atoms with Gasteiger partial charge in [0.25, 0.3) is 0 Å². The molecule has 0 fully saturated rings. The molecule has 0 aliphatic rings. The van der Waals surface area contributed by atoms with E-state index in [1.54, 1.807) is 6.92 Å². The van der Waals surface area contributed by atoms with Crippen molar-refractivity contribution in [3.05, 3.63) is 0 Å². The summed E-state index contributed by atoms with van der Waals surface area (Å²) >= 11 is 1.05. The van der Waals surface area contributed by atoms with Crippen LogP contribution in [0.4, 0.5) is 74.6 Å². The van der Waals surface area contributed by atoms with Crippen LogP contribution in [0.1, 0.15) is 52.4 Å². The van der Waals surface area contributed by atoms with Gasteiger partial charge >= 0.3 is 47.6 Å². The molecule has 36 heavy (non-hydrogen) atoms. The minimum absolute atomic E-state index is 0.0585. The molecule has 0 aromatic heterocycles. The van der Waals surface area contributed by atoms with Crippen LogP contribution in [0, 0.1) is 5.92 Å². The van der Waals surface area contributed by atoms with Crippen LogP contribution in [0.5, 0.6) is 0 Å². The molecule has 0 spiro atoms. The summed E-state index contributed by atoms with van der Waals surface area (Å²) < 4.78 is 225. The molecule has 0 nitrogen and oxygen atoms in total. The Balaban J connectivity index is 6.32. The van der Waals surface area contributed by atoms with Crippen LogP contribution in [0.3, 0.4) is 0 Å². The molecule has 18 heteroatoms. The average Bonchev–Trinajstić information content (AvgIpc) is 2.70. The van der Waals surface area contributed by atoms with Crippen LogP contribution in [-0.2, 0) is 0 Å². The Morgan fingerprint density at radius 1 is 0.500 bits per heavy atom. The van der Waals surface area contributed by atoms with Gasteiger partial charge in [-0.05, 0) is 6.42 Å². The van der Waals surface area contributed by atoms with Crippen LogP contribution in [0.25, 0.3) is 0 Å². The lowest BCUT2D eigenvalue weighted by molar-refractivity contribution is -0.463. The van der Waals surface area contributed by atoms with Crippen molar-refractivity contribution < 1.29 is 74.6 Å². The SMILES string of the molecule is CCCCCCCC(I)C(C)C(F)(F)C(F)(F)C(F)(F)C(F)(F)C(F)(F)C(F)(F)C(F)(F)C(F)(F)F. The summed E-state index contributed by atoms with van der Waals surface area (Å²) in [4.78, 5) is 0. The summed E-state index contributed by atoms with van der Waals surface area (Å²) in [5.74, 6) is -58.9. The first-order valence-electron chi connectivity index (χ1n) is 10.00. The van der Waals surface area contributed by atoms with Crippen molar-refractivity contribution in [2.24, 2.45) is 5.92 Å². The molecule has 2 atom stereocenters. The first-order chi connectivity index (χ1) is 15.6. The Labute approximate surface area is 207 Å². The third kappa shape index (κ3) is 5.61. The smallest absolute Gasteiger partial charge is 0.199 e. The molecule has 0 aromatic rings. The zero-order valence-electron chi connectivity index (χ0n) is 18.2. The largest absolute Gasteiger partial charge is 0.460 e. The molecule has 0 aliphatic carbocycles. The van der Waals surface area contributed by atoms with Gasteiger partial charge in [-0.3, -0.25) is 0 Å². The molecule has 0 saturated carbocycles. The van der Waals surface area contributed by atoms with E-state index in [1.165, 1.54) is 0 Å². The molecule has 0 aromatic carbocycles. The van der Waals surface area contributed by atoms with Crippen molar-refractivity contribution in [1.29, 1.82) is 0 Å². The van der Waals surface area contributed by atoms with Gasteiger partial charge in [0.05, 0.1) is 0 Å². The lowest BCUT2D eigenvalue weighted by atomic mass is 9.84. The zero-order chi connectivity index (χ0) is 29.4. The minimum Gasteiger partial charge on any atom is -0.199 e. The van der Waals surface area contributed by atoms with Gasteiger partial charge in [-0.25, -0.2) is 0 Å². The highest BCUT2D eigenvalue weighted by Crippen LogP contribution is 2.64. The molecule has 0 aliphatic heterocycles. The first-order valence-corrected chi connectivity index (χ1v) is 11.2. The second-order valence-corrected chi connectivity index (χ2v) is 9.67. The van der Waals surface area contributed by atoms with Crippen molar-refractivity contribution in [1.82, 2.24) is 0 Å². The van der Waals surface area contributed by atoms with Crippen LogP contribution < -0.4 is 0 Å². The predicted octanol–water partition coefficient (Wildman–Crippen LogP) is 9.80. The molecular formula is C18H20F17I. The molecule has 0 amide bonds. The van der Waals surface area contributed by atoms with E-state index in [4.69, 9.17) is 0 Å². The van der Waals surface area contributed by atoms with E-state index in [0.717, 1.165) is 29.0 Å². The summed E-state index contributed by atoms with van der Waals surface area (Å²) in [5.41, 5.74) is 0. The third-order valence-electron chi connectivity index (χ3n) is 5.44. The maximum atomic E-state index is 14.3. The van der Waals surface area contributed by atoms with E-state index < -0.39 is 57.5 Å². The van der Waals surface area contributed by atoms with Crippen molar-refractivity contribution >= 4 is 22.6 Å². The van der Waals surface area contributed by atoms with Gasteiger partial charge in [0.15, 0.2) is 0 Å². The highest BCUT2D eigenvalue weighted by atomic mass is 127. The van der Waals surface area contributed by atoms with Crippen LogP contribution in [0.15, 0.2) is 0 Å². The Hall–Kier alpha value is -0.460. The second kappa shape index (κ2) is 11.0. The lowest BCUT2D eigenvalue weighted by Gasteiger charge is -2.44. The van der Waals surface area contributed by atoms with Gasteiger partial charge in [-0.2, -0.15) is 74.6 Å². The zero-order valence-corrected chi connectivity index (χ0v) is 20.4. The molecular weight excluding hydrogens is 666 g/mol. The number of halogens is 18. The molecule has 218 valence electrons. The van der Waals surface area contributed by atoms with Crippen LogP contribution in [-0.4, -0.2) is 51.6 Å². The van der Waals surface area contributed by atoms with E-state index in [-0.39, 0.29) is 19.8 Å². The van der Waals surface area contributed by atoms with Crippen LogP contribution in [0.2, 0.25) is 0 Å². The van der Waals surface area contributed by atoms with E-state index >= 15 is 0 Å². The number of alkyl halides is 18. The van der Waals surface area contributed by atoms with E-state index in [2.05, 4.69) is 0 Å². The monoisotopic (exact) mass is 686 g/mol. The van der Waals surface area contributed by atoms with E-state index in [0.29, 0.717) is 19.3 Å². The van der Waals surface area contributed by atoms with Gasteiger partial charge in [-0.1, -0.05) is 68.5 Å². The predicted molar refractivity (Wildman–Crippen MR) is 101 cm³/mol. The quantitative estimate of drug-likeness (QED) is 0.0739. The molecule has 0 heterocycles. The average molecular weight is 686 g/mol. The van der Waals surface area contributed by atoms with Gasteiger partial charge in [0.2, 0.25) is 0 Å². The van der Waals surface area contributed by atoms with Crippen molar-refractivity contribution in [2.45, 2.75) is 104 Å².